The molecule has 0 aliphatic heterocycles. The monoisotopic (exact) mass is 1100 g/mol. The number of ether oxygens (including phenoxy) is 1. The van der Waals surface area contributed by atoms with Crippen LogP contribution in [0.15, 0.2) is 12.2 Å². The number of aliphatic hydroxyl groups is 2. The van der Waals surface area contributed by atoms with Gasteiger partial charge in [-0.1, -0.05) is 360 Å². The van der Waals surface area contributed by atoms with Gasteiger partial charge < -0.3 is 20.3 Å². The molecule has 78 heavy (non-hydrogen) atoms. The molecule has 0 aromatic rings. The van der Waals surface area contributed by atoms with Gasteiger partial charge in [0.2, 0.25) is 5.91 Å². The lowest BCUT2D eigenvalue weighted by molar-refractivity contribution is -0.143. The summed E-state index contributed by atoms with van der Waals surface area (Å²) in [7, 11) is 0. The maximum absolute atomic E-state index is 12.6. The third kappa shape index (κ3) is 63.8. The minimum Gasteiger partial charge on any atom is -0.466 e. The number of hydrogen-bond acceptors (Lipinski definition) is 5. The summed E-state index contributed by atoms with van der Waals surface area (Å²) >= 11 is 0. The fourth-order valence-corrected chi connectivity index (χ4v) is 11.6. The number of rotatable bonds is 68. The van der Waals surface area contributed by atoms with Gasteiger partial charge in [0.15, 0.2) is 0 Å². The third-order valence-corrected chi connectivity index (χ3v) is 17.1. The lowest BCUT2D eigenvalue weighted by atomic mass is 10.0. The van der Waals surface area contributed by atoms with E-state index in [1.807, 2.05) is 0 Å². The van der Waals surface area contributed by atoms with Crippen molar-refractivity contribution in [1.29, 1.82) is 0 Å². The molecule has 0 radical (unpaired) electrons. The van der Waals surface area contributed by atoms with E-state index in [2.05, 4.69) is 31.3 Å². The zero-order chi connectivity index (χ0) is 56.4. The van der Waals surface area contributed by atoms with Crippen molar-refractivity contribution < 1.29 is 24.5 Å². The normalized spacial score (nSPS) is 12.5. The molecule has 0 fully saturated rings. The Morgan fingerprint density at radius 2 is 0.603 bits per heavy atom. The highest BCUT2D eigenvalue weighted by Gasteiger charge is 2.20. The van der Waals surface area contributed by atoms with Crippen LogP contribution >= 0.6 is 0 Å². The molecule has 0 rings (SSSR count). The van der Waals surface area contributed by atoms with Gasteiger partial charge in [-0.2, -0.15) is 0 Å². The molecule has 3 N–H and O–H groups in total. The Kier molecular flexibility index (Phi) is 66.9. The number of carbonyl (C=O) groups excluding carboxylic acids is 2. The van der Waals surface area contributed by atoms with Crippen molar-refractivity contribution in [3.63, 3.8) is 0 Å². The van der Waals surface area contributed by atoms with Gasteiger partial charge in [0.1, 0.15) is 0 Å². The van der Waals surface area contributed by atoms with Gasteiger partial charge in [-0.3, -0.25) is 9.59 Å². The van der Waals surface area contributed by atoms with Crippen LogP contribution in [0.3, 0.4) is 0 Å². The molecule has 0 heterocycles. The summed E-state index contributed by atoms with van der Waals surface area (Å²) in [6, 6.07) is -0.545. The minimum atomic E-state index is -0.668. The van der Waals surface area contributed by atoms with E-state index in [-0.39, 0.29) is 18.5 Å². The first kappa shape index (κ1) is 76.6. The van der Waals surface area contributed by atoms with E-state index in [4.69, 9.17) is 4.74 Å². The Labute approximate surface area is 489 Å². The molecule has 1 amide bonds. The summed E-state index contributed by atoms with van der Waals surface area (Å²) < 4.78 is 5.49. The fourth-order valence-electron chi connectivity index (χ4n) is 11.6. The SMILES string of the molecule is CCCCCCCCCCCCCCCCCCCCCCCCCC(O)C(CO)NC(=O)CCCCCCCCCC/C=C\CCCCCCCCCCCCCCOC(=O)CCCCCCCCCCCCCCCC. The average molecular weight is 1100 g/mol. The molecular formula is C72H141NO5. The Balaban J connectivity index is 3.39. The van der Waals surface area contributed by atoms with E-state index in [9.17, 15) is 19.8 Å². The summed E-state index contributed by atoms with van der Waals surface area (Å²) in [6.45, 7) is 5.00. The number of aliphatic hydroxyl groups excluding tert-OH is 2. The number of unbranched alkanes of at least 4 members (excludes halogenated alkanes) is 55. The fraction of sp³-hybridized carbons (Fsp3) is 0.944. The van der Waals surface area contributed by atoms with Crippen LogP contribution in [0.5, 0.6) is 0 Å². The van der Waals surface area contributed by atoms with Gasteiger partial charge in [-0.25, -0.2) is 0 Å². The maximum Gasteiger partial charge on any atom is 0.305 e. The number of esters is 1. The first-order valence-electron chi connectivity index (χ1n) is 35.9. The topological polar surface area (TPSA) is 95.9 Å². The van der Waals surface area contributed by atoms with Crippen LogP contribution in [0, 0.1) is 0 Å². The highest BCUT2D eigenvalue weighted by molar-refractivity contribution is 5.76. The van der Waals surface area contributed by atoms with Crippen LogP contribution in [-0.4, -0.2) is 47.4 Å². The molecule has 6 nitrogen and oxygen atoms in total. The van der Waals surface area contributed by atoms with Crippen molar-refractivity contribution in [3.05, 3.63) is 12.2 Å². The molecule has 2 atom stereocenters. The standard InChI is InChI=1S/C72H141NO5/c1-3-5-7-9-11-13-15-17-19-20-21-22-25-28-31-34-37-40-44-48-52-56-60-64-70(75)69(68-74)73-71(76)65-61-57-53-49-45-41-38-35-32-29-26-23-24-27-30-33-36-39-43-47-51-55-59-63-67-78-72(77)66-62-58-54-50-46-42-18-16-14-12-10-8-6-4-2/h26,29,69-70,74-75H,3-25,27-28,30-68H2,1-2H3,(H,73,76)/b29-26-. The Hall–Kier alpha value is -1.40. The molecule has 0 aliphatic rings. The molecule has 2 unspecified atom stereocenters. The van der Waals surface area contributed by atoms with Crippen LogP contribution in [0.1, 0.15) is 412 Å². The molecule has 0 aromatic heterocycles. The van der Waals surface area contributed by atoms with E-state index < -0.39 is 12.1 Å². The Bertz CT molecular complexity index is 1180. The van der Waals surface area contributed by atoms with E-state index >= 15 is 0 Å². The van der Waals surface area contributed by atoms with Crippen molar-refractivity contribution >= 4 is 11.9 Å². The lowest BCUT2D eigenvalue weighted by Gasteiger charge is -2.22. The van der Waals surface area contributed by atoms with Crippen LogP contribution < -0.4 is 5.32 Å². The molecule has 0 spiro atoms. The van der Waals surface area contributed by atoms with Gasteiger partial charge in [0.25, 0.3) is 0 Å². The van der Waals surface area contributed by atoms with Crippen molar-refractivity contribution in [2.45, 2.75) is 424 Å². The molecule has 0 saturated carbocycles. The van der Waals surface area contributed by atoms with Crippen molar-refractivity contribution in [3.8, 4) is 0 Å². The Morgan fingerprint density at radius 1 is 0.346 bits per heavy atom. The highest BCUT2D eigenvalue weighted by Crippen LogP contribution is 2.19. The number of allylic oxidation sites excluding steroid dienone is 2. The smallest absolute Gasteiger partial charge is 0.305 e. The van der Waals surface area contributed by atoms with Crippen LogP contribution in [0.2, 0.25) is 0 Å². The zero-order valence-electron chi connectivity index (χ0n) is 53.2. The summed E-state index contributed by atoms with van der Waals surface area (Å²) in [6.07, 6.45) is 84.0. The number of hydrogen-bond donors (Lipinski definition) is 3. The molecule has 6 heteroatoms. The second-order valence-corrected chi connectivity index (χ2v) is 24.9. The average Bonchev–Trinajstić information content (AvgIpc) is 3.44. The molecule has 464 valence electrons. The number of carbonyl (C=O) groups is 2. The van der Waals surface area contributed by atoms with Gasteiger partial charge in [-0.15, -0.1) is 0 Å². The van der Waals surface area contributed by atoms with Gasteiger partial charge in [-0.05, 0) is 51.4 Å². The van der Waals surface area contributed by atoms with E-state index in [0.717, 1.165) is 38.5 Å². The Morgan fingerprint density at radius 3 is 0.910 bits per heavy atom. The van der Waals surface area contributed by atoms with E-state index in [0.29, 0.717) is 25.9 Å². The maximum atomic E-state index is 12.6. The van der Waals surface area contributed by atoms with Crippen molar-refractivity contribution in [2.24, 2.45) is 0 Å². The predicted molar refractivity (Wildman–Crippen MR) is 343 cm³/mol. The van der Waals surface area contributed by atoms with Gasteiger partial charge >= 0.3 is 5.97 Å². The van der Waals surface area contributed by atoms with E-state index in [1.54, 1.807) is 0 Å². The number of nitrogens with one attached hydrogen (secondary N) is 1. The molecule has 0 aliphatic carbocycles. The summed E-state index contributed by atoms with van der Waals surface area (Å²) in [5, 5.41) is 23.4. The van der Waals surface area contributed by atoms with Crippen LogP contribution in [0.25, 0.3) is 0 Å². The molecule has 0 aromatic carbocycles. The molecule has 0 bridgehead atoms. The van der Waals surface area contributed by atoms with Crippen molar-refractivity contribution in [1.82, 2.24) is 5.32 Å². The van der Waals surface area contributed by atoms with Gasteiger partial charge in [0, 0.05) is 12.8 Å². The van der Waals surface area contributed by atoms with Gasteiger partial charge in [0.05, 0.1) is 25.4 Å². The molecule has 0 saturated heterocycles. The van der Waals surface area contributed by atoms with Crippen LogP contribution in [-0.2, 0) is 14.3 Å². The zero-order valence-corrected chi connectivity index (χ0v) is 53.2. The third-order valence-electron chi connectivity index (χ3n) is 17.1. The van der Waals surface area contributed by atoms with E-state index in [1.165, 1.54) is 340 Å². The molecular weight excluding hydrogens is 959 g/mol. The van der Waals surface area contributed by atoms with Crippen LogP contribution in [0.4, 0.5) is 0 Å². The first-order chi connectivity index (χ1) is 38.5. The highest BCUT2D eigenvalue weighted by atomic mass is 16.5. The number of amides is 1. The second kappa shape index (κ2) is 68.1. The minimum absolute atomic E-state index is 0.0160. The second-order valence-electron chi connectivity index (χ2n) is 24.9. The summed E-state index contributed by atoms with van der Waals surface area (Å²) in [5.74, 6) is -0.0182. The largest absolute Gasteiger partial charge is 0.466 e. The first-order valence-corrected chi connectivity index (χ1v) is 35.9. The predicted octanol–water partition coefficient (Wildman–Crippen LogP) is 23.1. The quantitative estimate of drug-likeness (QED) is 0.0320. The van der Waals surface area contributed by atoms with Crippen molar-refractivity contribution in [2.75, 3.05) is 13.2 Å². The lowest BCUT2D eigenvalue weighted by Crippen LogP contribution is -2.45. The summed E-state index contributed by atoms with van der Waals surface area (Å²) in [4.78, 5) is 24.6. The summed E-state index contributed by atoms with van der Waals surface area (Å²) in [5.41, 5.74) is 0.